The number of carbonyl (C=O) groups is 1. The minimum Gasteiger partial charge on any atom is -0.484 e. The van der Waals surface area contributed by atoms with E-state index in [0.717, 1.165) is 30.4 Å². The van der Waals surface area contributed by atoms with Crippen LogP contribution in [-0.4, -0.2) is 53.6 Å². The highest BCUT2D eigenvalue weighted by Crippen LogP contribution is 2.19. The van der Waals surface area contributed by atoms with E-state index in [1.54, 1.807) is 24.3 Å². The Bertz CT molecular complexity index is 804. The summed E-state index contributed by atoms with van der Waals surface area (Å²) in [6, 6.07) is 9.08. The minimum absolute atomic E-state index is 0.0173. The summed E-state index contributed by atoms with van der Waals surface area (Å²) in [6.07, 6.45) is 0. The van der Waals surface area contributed by atoms with Gasteiger partial charge in [-0.3, -0.25) is 4.79 Å². The number of ether oxygens (including phenoxy) is 1. The molecule has 1 aliphatic rings. The first-order valence-electron chi connectivity index (χ1n) is 9.19. The van der Waals surface area contributed by atoms with E-state index in [0.29, 0.717) is 23.9 Å². The SMILES string of the molecule is Cc1cc(N2CCN(C(=O)COc3cccc(Cl)c3)CC2)nc(C(C)C)n1. The fourth-order valence-electron chi connectivity index (χ4n) is 2.97. The molecule has 144 valence electrons. The van der Waals surface area contributed by atoms with Crippen LogP contribution in [0, 0.1) is 6.92 Å². The maximum Gasteiger partial charge on any atom is 0.260 e. The Morgan fingerprint density at radius 2 is 1.93 bits per heavy atom. The molecule has 27 heavy (non-hydrogen) atoms. The van der Waals surface area contributed by atoms with Crippen LogP contribution in [0.25, 0.3) is 0 Å². The van der Waals surface area contributed by atoms with Crippen molar-refractivity contribution in [1.29, 1.82) is 0 Å². The van der Waals surface area contributed by atoms with Crippen molar-refractivity contribution in [1.82, 2.24) is 14.9 Å². The molecule has 1 aliphatic heterocycles. The molecule has 3 rings (SSSR count). The quantitative estimate of drug-likeness (QED) is 0.786. The van der Waals surface area contributed by atoms with Crippen molar-refractivity contribution in [2.24, 2.45) is 0 Å². The first kappa shape index (κ1) is 19.4. The predicted molar refractivity (Wildman–Crippen MR) is 107 cm³/mol. The molecule has 0 spiro atoms. The van der Waals surface area contributed by atoms with Crippen LogP contribution in [0.1, 0.15) is 31.3 Å². The number of nitrogens with zero attached hydrogens (tertiary/aromatic N) is 4. The van der Waals surface area contributed by atoms with E-state index in [2.05, 4.69) is 28.7 Å². The topological polar surface area (TPSA) is 58.6 Å². The summed E-state index contributed by atoms with van der Waals surface area (Å²) in [5.74, 6) is 2.67. The Kier molecular flexibility index (Phi) is 6.16. The number of hydrogen-bond donors (Lipinski definition) is 0. The third-order valence-corrected chi connectivity index (χ3v) is 4.72. The van der Waals surface area contributed by atoms with Crippen LogP contribution in [0.4, 0.5) is 5.82 Å². The third-order valence-electron chi connectivity index (χ3n) is 4.49. The average Bonchev–Trinajstić information content (AvgIpc) is 2.66. The first-order valence-corrected chi connectivity index (χ1v) is 9.57. The van der Waals surface area contributed by atoms with Gasteiger partial charge in [0.15, 0.2) is 6.61 Å². The number of halogens is 1. The van der Waals surface area contributed by atoms with Crippen LogP contribution in [0.5, 0.6) is 5.75 Å². The van der Waals surface area contributed by atoms with E-state index in [9.17, 15) is 4.79 Å². The molecule has 0 aliphatic carbocycles. The van der Waals surface area contributed by atoms with Crippen molar-refractivity contribution in [3.63, 3.8) is 0 Å². The molecule has 1 aromatic carbocycles. The Labute approximate surface area is 165 Å². The van der Waals surface area contributed by atoms with Crippen LogP contribution in [-0.2, 0) is 4.79 Å². The largest absolute Gasteiger partial charge is 0.484 e. The number of aryl methyl sites for hydroxylation is 1. The van der Waals surface area contributed by atoms with Crippen molar-refractivity contribution in [2.45, 2.75) is 26.7 Å². The minimum atomic E-state index is -0.0173. The molecule has 0 N–H and O–H groups in total. The van der Waals surface area contributed by atoms with Gasteiger partial charge >= 0.3 is 0 Å². The van der Waals surface area contributed by atoms with Gasteiger partial charge in [-0.15, -0.1) is 0 Å². The van der Waals surface area contributed by atoms with Crippen molar-refractivity contribution < 1.29 is 9.53 Å². The Morgan fingerprint density at radius 3 is 2.59 bits per heavy atom. The van der Waals surface area contributed by atoms with Crippen molar-refractivity contribution in [3.05, 3.63) is 46.9 Å². The normalized spacial score (nSPS) is 14.6. The molecule has 1 fully saturated rings. The summed E-state index contributed by atoms with van der Waals surface area (Å²) in [4.78, 5) is 25.7. The van der Waals surface area contributed by atoms with E-state index in [1.165, 1.54) is 0 Å². The zero-order valence-corrected chi connectivity index (χ0v) is 16.7. The number of hydrogen-bond acceptors (Lipinski definition) is 5. The Morgan fingerprint density at radius 1 is 1.19 bits per heavy atom. The van der Waals surface area contributed by atoms with Gasteiger partial charge in [0.1, 0.15) is 17.4 Å². The first-order chi connectivity index (χ1) is 12.9. The predicted octanol–water partition coefficient (Wildman–Crippen LogP) is 3.29. The van der Waals surface area contributed by atoms with Gasteiger partial charge in [0.2, 0.25) is 0 Å². The maximum atomic E-state index is 12.4. The molecule has 0 unspecified atom stereocenters. The van der Waals surface area contributed by atoms with Gasteiger partial charge in [-0.2, -0.15) is 0 Å². The van der Waals surface area contributed by atoms with E-state index < -0.39 is 0 Å². The molecule has 1 saturated heterocycles. The van der Waals surface area contributed by atoms with Crippen molar-refractivity contribution >= 4 is 23.3 Å². The van der Waals surface area contributed by atoms with Gasteiger partial charge in [0, 0.05) is 48.9 Å². The Balaban J connectivity index is 1.55. The van der Waals surface area contributed by atoms with Gasteiger partial charge in [-0.05, 0) is 25.1 Å². The second-order valence-corrected chi connectivity index (χ2v) is 7.43. The molecule has 0 saturated carbocycles. The van der Waals surface area contributed by atoms with Crippen LogP contribution in [0.15, 0.2) is 30.3 Å². The number of piperazine rings is 1. The van der Waals surface area contributed by atoms with Gasteiger partial charge in [-0.1, -0.05) is 31.5 Å². The highest BCUT2D eigenvalue weighted by Gasteiger charge is 2.23. The molecule has 0 bridgehead atoms. The third kappa shape index (κ3) is 5.10. The molecule has 2 heterocycles. The van der Waals surface area contributed by atoms with Crippen molar-refractivity contribution in [3.8, 4) is 5.75 Å². The summed E-state index contributed by atoms with van der Waals surface area (Å²) in [7, 11) is 0. The molecular formula is C20H25ClN4O2. The van der Waals surface area contributed by atoms with Gasteiger partial charge in [0.25, 0.3) is 5.91 Å². The summed E-state index contributed by atoms with van der Waals surface area (Å²) in [5, 5.41) is 0.592. The highest BCUT2D eigenvalue weighted by atomic mass is 35.5. The zero-order chi connectivity index (χ0) is 19.4. The molecule has 6 nitrogen and oxygen atoms in total. The number of rotatable bonds is 5. The average molecular weight is 389 g/mol. The number of anilines is 1. The molecule has 1 amide bonds. The zero-order valence-electron chi connectivity index (χ0n) is 16.0. The lowest BCUT2D eigenvalue weighted by atomic mass is 10.2. The van der Waals surface area contributed by atoms with Crippen LogP contribution < -0.4 is 9.64 Å². The number of carbonyl (C=O) groups excluding carboxylic acids is 1. The molecule has 7 heteroatoms. The summed E-state index contributed by atoms with van der Waals surface area (Å²) >= 11 is 5.93. The second kappa shape index (κ2) is 8.57. The molecule has 0 radical (unpaired) electrons. The summed E-state index contributed by atoms with van der Waals surface area (Å²) < 4.78 is 5.56. The molecule has 2 aromatic rings. The van der Waals surface area contributed by atoms with E-state index in [1.807, 2.05) is 17.9 Å². The van der Waals surface area contributed by atoms with Gasteiger partial charge < -0.3 is 14.5 Å². The lowest BCUT2D eigenvalue weighted by Gasteiger charge is -2.35. The highest BCUT2D eigenvalue weighted by molar-refractivity contribution is 6.30. The van der Waals surface area contributed by atoms with E-state index in [-0.39, 0.29) is 18.4 Å². The monoisotopic (exact) mass is 388 g/mol. The van der Waals surface area contributed by atoms with E-state index >= 15 is 0 Å². The lowest BCUT2D eigenvalue weighted by molar-refractivity contribution is -0.133. The summed E-state index contributed by atoms with van der Waals surface area (Å²) in [6.45, 7) is 8.99. The second-order valence-electron chi connectivity index (χ2n) is 6.99. The van der Waals surface area contributed by atoms with Crippen LogP contribution in [0.2, 0.25) is 5.02 Å². The standard InChI is InChI=1S/C20H25ClN4O2/c1-14(2)20-22-15(3)11-18(23-20)24-7-9-25(10-8-24)19(26)13-27-17-6-4-5-16(21)12-17/h4-6,11-12,14H,7-10,13H2,1-3H3. The van der Waals surface area contributed by atoms with Gasteiger partial charge in [0.05, 0.1) is 0 Å². The number of benzene rings is 1. The van der Waals surface area contributed by atoms with Gasteiger partial charge in [-0.25, -0.2) is 9.97 Å². The van der Waals surface area contributed by atoms with Crippen LogP contribution >= 0.6 is 11.6 Å². The van der Waals surface area contributed by atoms with Crippen molar-refractivity contribution in [2.75, 3.05) is 37.7 Å². The molecule has 0 atom stereocenters. The van der Waals surface area contributed by atoms with E-state index in [4.69, 9.17) is 16.3 Å². The Hall–Kier alpha value is -2.34. The van der Waals surface area contributed by atoms with Crippen LogP contribution in [0.3, 0.4) is 0 Å². The summed E-state index contributed by atoms with van der Waals surface area (Å²) in [5.41, 5.74) is 0.970. The number of aromatic nitrogens is 2. The maximum absolute atomic E-state index is 12.4. The smallest absolute Gasteiger partial charge is 0.260 e. The fraction of sp³-hybridized carbons (Fsp3) is 0.450. The molecule has 1 aromatic heterocycles. The lowest BCUT2D eigenvalue weighted by Crippen LogP contribution is -2.50. The fourth-order valence-corrected chi connectivity index (χ4v) is 3.15. The molecular weight excluding hydrogens is 364 g/mol. The number of amides is 1.